The number of anilines is 1. The number of thiophene rings is 2. The summed E-state index contributed by atoms with van der Waals surface area (Å²) in [6.07, 6.45) is -0.975. The molecule has 1 atom stereocenters. The van der Waals surface area contributed by atoms with E-state index in [0.29, 0.717) is 18.4 Å². The van der Waals surface area contributed by atoms with Crippen molar-refractivity contribution in [3.8, 4) is 0 Å². The number of carbonyl (C=O) groups excluding carboxylic acids is 2. The molecular weight excluding hydrogens is 636 g/mol. The van der Waals surface area contributed by atoms with Gasteiger partial charge in [-0.05, 0) is 69.4 Å². The van der Waals surface area contributed by atoms with E-state index in [1.165, 1.54) is 27.8 Å². The van der Waals surface area contributed by atoms with E-state index < -0.39 is 38.9 Å². The molecule has 44 heavy (non-hydrogen) atoms. The van der Waals surface area contributed by atoms with Crippen LogP contribution >= 0.6 is 22.7 Å². The van der Waals surface area contributed by atoms with Crippen molar-refractivity contribution in [2.45, 2.75) is 70.5 Å². The molecule has 1 unspecified atom stereocenters. The Morgan fingerprint density at radius 2 is 1.89 bits per heavy atom. The number of ether oxygens (including phenoxy) is 2. The number of carbonyl (C=O) groups is 2. The van der Waals surface area contributed by atoms with E-state index in [2.05, 4.69) is 10.6 Å². The molecule has 0 radical (unpaired) electrons. The molecule has 0 spiro atoms. The number of sulfonamides is 1. The molecule has 4 heterocycles. The van der Waals surface area contributed by atoms with Gasteiger partial charge in [-0.25, -0.2) is 22.4 Å². The lowest BCUT2D eigenvalue weighted by molar-refractivity contribution is -0.384. The highest BCUT2D eigenvalue weighted by Gasteiger charge is 2.35. The number of aryl methyl sites for hydroxylation is 1. The van der Waals surface area contributed by atoms with Crippen molar-refractivity contribution >= 4 is 55.4 Å². The molecule has 0 aliphatic carbocycles. The Labute approximate surface area is 261 Å². The first-order chi connectivity index (χ1) is 20.7. The van der Waals surface area contributed by atoms with E-state index in [1.54, 1.807) is 20.8 Å². The fraction of sp³-hybridized carbons (Fsp3) is 0.429. The molecule has 0 bridgehead atoms. The third-order valence-electron chi connectivity index (χ3n) is 7.14. The summed E-state index contributed by atoms with van der Waals surface area (Å²) in [6.45, 7) is 7.65. The molecule has 0 fully saturated rings. The fourth-order valence-corrected chi connectivity index (χ4v) is 9.02. The van der Waals surface area contributed by atoms with Crippen molar-refractivity contribution in [3.63, 3.8) is 0 Å². The molecule has 0 saturated carbocycles. The van der Waals surface area contributed by atoms with Gasteiger partial charge in [-0.3, -0.25) is 15.4 Å². The molecule has 2 aliphatic heterocycles. The maximum atomic E-state index is 14.5. The average Bonchev–Trinajstić information content (AvgIpc) is 3.47. The van der Waals surface area contributed by atoms with Crippen LogP contribution in [0.25, 0.3) is 0 Å². The van der Waals surface area contributed by atoms with Gasteiger partial charge < -0.3 is 14.8 Å². The van der Waals surface area contributed by atoms with E-state index in [9.17, 15) is 32.5 Å². The van der Waals surface area contributed by atoms with Crippen LogP contribution in [0, 0.1) is 17.0 Å². The van der Waals surface area contributed by atoms with E-state index in [1.807, 2.05) is 6.92 Å². The summed E-state index contributed by atoms with van der Waals surface area (Å²) in [5, 5.41) is 16.6. The van der Waals surface area contributed by atoms with Crippen molar-refractivity contribution in [2.24, 2.45) is 0 Å². The van der Waals surface area contributed by atoms with Crippen molar-refractivity contribution in [2.75, 3.05) is 18.5 Å². The SMILES string of the molecule is Cc1sc2c(c1CNC(=O)Nc1sc3c(c1C(=O)OC(C)(C)C)CCOC3F)CCN(S(=O)(=O)c1ccc([N+](=O)[O-])cc1)C2. The number of benzene rings is 1. The number of alkyl halides is 1. The Hall–Kier alpha value is -3.44. The largest absolute Gasteiger partial charge is 0.456 e. The van der Waals surface area contributed by atoms with Crippen LogP contribution in [0.4, 0.5) is 19.9 Å². The van der Waals surface area contributed by atoms with Crippen LogP contribution < -0.4 is 10.6 Å². The number of nitrogens with one attached hydrogen (secondary N) is 2. The van der Waals surface area contributed by atoms with Crippen LogP contribution in [0.15, 0.2) is 29.2 Å². The molecule has 5 rings (SSSR count). The van der Waals surface area contributed by atoms with E-state index in [0.717, 1.165) is 44.4 Å². The summed E-state index contributed by atoms with van der Waals surface area (Å²) in [5.41, 5.74) is 1.44. The van der Waals surface area contributed by atoms with Crippen LogP contribution in [-0.4, -0.2) is 48.4 Å². The van der Waals surface area contributed by atoms with Crippen LogP contribution in [0.2, 0.25) is 0 Å². The lowest BCUT2D eigenvalue weighted by Gasteiger charge is -2.26. The van der Waals surface area contributed by atoms with E-state index in [-0.39, 0.29) is 52.3 Å². The smallest absolute Gasteiger partial charge is 0.341 e. The summed E-state index contributed by atoms with van der Waals surface area (Å²) in [4.78, 5) is 38.4. The maximum Gasteiger partial charge on any atom is 0.341 e. The van der Waals surface area contributed by atoms with Crippen molar-refractivity contribution < 1.29 is 36.8 Å². The molecule has 3 aromatic rings. The summed E-state index contributed by atoms with van der Waals surface area (Å²) in [6, 6.07) is 4.20. The number of hydrogen-bond acceptors (Lipinski definition) is 10. The molecule has 2 aromatic heterocycles. The summed E-state index contributed by atoms with van der Waals surface area (Å²) in [7, 11) is -3.87. The highest BCUT2D eigenvalue weighted by molar-refractivity contribution is 7.89. The molecule has 16 heteroatoms. The van der Waals surface area contributed by atoms with Crippen LogP contribution in [0.5, 0.6) is 0 Å². The van der Waals surface area contributed by atoms with Crippen molar-refractivity contribution in [3.05, 3.63) is 71.3 Å². The monoisotopic (exact) mass is 666 g/mol. The second-order valence-electron chi connectivity index (χ2n) is 11.3. The number of hydrogen-bond donors (Lipinski definition) is 2. The zero-order valence-corrected chi connectivity index (χ0v) is 26.8. The Kier molecular flexibility index (Phi) is 8.83. The normalized spacial score (nSPS) is 17.0. The summed E-state index contributed by atoms with van der Waals surface area (Å²) < 4.78 is 53.0. The van der Waals surface area contributed by atoms with Gasteiger partial charge in [0, 0.05) is 41.5 Å². The minimum Gasteiger partial charge on any atom is -0.456 e. The molecular formula is C28H31FN4O8S3. The first kappa shape index (κ1) is 32.0. The van der Waals surface area contributed by atoms with Gasteiger partial charge in [-0.1, -0.05) is 0 Å². The number of nitrogens with zero attached hydrogens (tertiary/aromatic N) is 2. The molecule has 2 amide bonds. The standard InChI is InChI=1S/C28H31FN4O8S3/c1-15-20(18-9-11-32(14-21(18)42-15)44(38,39)17-7-5-16(6-8-17)33(36)37)13-30-27(35)31-25-22(26(34)41-28(2,3)4)19-10-12-40-24(29)23(19)43-25/h5-8,24H,9-14H2,1-4H3,(H2,30,31,35). The Morgan fingerprint density at radius 1 is 1.18 bits per heavy atom. The molecule has 0 saturated heterocycles. The molecule has 236 valence electrons. The van der Waals surface area contributed by atoms with Gasteiger partial charge in [0.15, 0.2) is 0 Å². The van der Waals surface area contributed by atoms with Crippen molar-refractivity contribution in [1.82, 2.24) is 9.62 Å². The van der Waals surface area contributed by atoms with Gasteiger partial charge in [0.05, 0.1) is 26.9 Å². The first-order valence-electron chi connectivity index (χ1n) is 13.7. The van der Waals surface area contributed by atoms with Gasteiger partial charge in [-0.15, -0.1) is 22.7 Å². The average molecular weight is 667 g/mol. The van der Waals surface area contributed by atoms with Crippen LogP contribution in [0.1, 0.15) is 68.8 Å². The van der Waals surface area contributed by atoms with E-state index in [4.69, 9.17) is 9.47 Å². The second-order valence-corrected chi connectivity index (χ2v) is 15.6. The first-order valence-corrected chi connectivity index (χ1v) is 16.8. The van der Waals surface area contributed by atoms with Gasteiger partial charge in [0.1, 0.15) is 10.6 Å². The molecule has 1 aromatic carbocycles. The number of fused-ring (bicyclic) bond motifs is 2. The lowest BCUT2D eigenvalue weighted by Crippen LogP contribution is -2.36. The van der Waals surface area contributed by atoms with Crippen LogP contribution in [-0.2, 0) is 45.4 Å². The predicted molar refractivity (Wildman–Crippen MR) is 162 cm³/mol. The third-order valence-corrected chi connectivity index (χ3v) is 11.3. The zero-order chi connectivity index (χ0) is 32.0. The molecule has 2 aliphatic rings. The fourth-order valence-electron chi connectivity index (χ4n) is 5.11. The van der Waals surface area contributed by atoms with Gasteiger partial charge in [0.2, 0.25) is 16.4 Å². The number of amides is 2. The molecule has 2 N–H and O–H groups in total. The topological polar surface area (TPSA) is 157 Å². The quantitative estimate of drug-likeness (QED) is 0.188. The Bertz CT molecular complexity index is 1730. The number of nitro benzene ring substituents is 1. The maximum absolute atomic E-state index is 14.5. The Balaban J connectivity index is 1.29. The molecule has 12 nitrogen and oxygen atoms in total. The number of halogens is 1. The highest BCUT2D eigenvalue weighted by atomic mass is 32.2. The highest BCUT2D eigenvalue weighted by Crippen LogP contribution is 2.43. The van der Waals surface area contributed by atoms with Crippen molar-refractivity contribution in [1.29, 1.82) is 0 Å². The lowest BCUT2D eigenvalue weighted by atomic mass is 10.0. The van der Waals surface area contributed by atoms with Gasteiger partial charge in [0.25, 0.3) is 5.69 Å². The van der Waals surface area contributed by atoms with Gasteiger partial charge in [-0.2, -0.15) is 4.31 Å². The number of rotatable bonds is 7. The van der Waals surface area contributed by atoms with E-state index >= 15 is 0 Å². The number of nitro groups is 1. The number of esters is 1. The summed E-state index contributed by atoms with van der Waals surface area (Å²) >= 11 is 2.38. The predicted octanol–water partition coefficient (Wildman–Crippen LogP) is 5.59. The minimum absolute atomic E-state index is 0.0231. The van der Waals surface area contributed by atoms with Gasteiger partial charge >= 0.3 is 12.0 Å². The Morgan fingerprint density at radius 3 is 2.55 bits per heavy atom. The zero-order valence-electron chi connectivity index (χ0n) is 24.4. The minimum atomic E-state index is -3.87. The van der Waals surface area contributed by atoms with Crippen LogP contribution in [0.3, 0.4) is 0 Å². The number of urea groups is 1. The second kappa shape index (κ2) is 12.2. The summed E-state index contributed by atoms with van der Waals surface area (Å²) in [5.74, 6) is -0.657. The third kappa shape index (κ3) is 6.49. The number of non-ortho nitro benzene ring substituents is 1.